The second kappa shape index (κ2) is 14.9. The van der Waals surface area contributed by atoms with Crippen molar-refractivity contribution in [2.45, 2.75) is 32.2 Å². The quantitative estimate of drug-likeness (QED) is 0.143. The molecule has 0 amide bonds. The number of guanidine groups is 1. The van der Waals surface area contributed by atoms with Gasteiger partial charge in [0.05, 0.1) is 12.3 Å². The fraction of sp³-hybridized carbons (Fsp3) is 0.333. The van der Waals surface area contributed by atoms with Crippen LogP contribution in [0.5, 0.6) is 5.75 Å². The van der Waals surface area contributed by atoms with Gasteiger partial charge in [0.15, 0.2) is 18.6 Å². The molecule has 2 aromatic rings. The number of pyridine rings is 1. The van der Waals surface area contributed by atoms with E-state index >= 15 is 0 Å². The monoisotopic (exact) mass is 447 g/mol. The lowest BCUT2D eigenvalue weighted by atomic mass is 10.2. The van der Waals surface area contributed by atoms with E-state index in [0.29, 0.717) is 30.7 Å². The van der Waals surface area contributed by atoms with E-state index in [-0.39, 0.29) is 12.4 Å². The molecule has 1 aromatic carbocycles. The van der Waals surface area contributed by atoms with Gasteiger partial charge in [-0.05, 0) is 43.5 Å². The Morgan fingerprint density at radius 2 is 1.73 bits per heavy atom. The third kappa shape index (κ3) is 9.97. The molecule has 0 unspecified atom stereocenters. The first kappa shape index (κ1) is 25.0. The standard InChI is InChI=1S/C21H23ClN6O.ClH/c22-18-5-7-20(8-6-18)29-16-4-2-1-3-12-25-21(26-17-24)27-19-9-13-28(14-10-19)15-11-23;/h5-10,13-14H,1-4,12,15-16H2,(H,25,26);1H/p+1. The number of aliphatic imine (C=N–C) groups is 1. The summed E-state index contributed by atoms with van der Waals surface area (Å²) in [4.78, 5) is 4.41. The number of hydrogen-bond acceptors (Lipinski definition) is 4. The first-order chi connectivity index (χ1) is 14.2. The smallest absolute Gasteiger partial charge is 0.233 e. The summed E-state index contributed by atoms with van der Waals surface area (Å²) in [5.41, 5.74) is 0.792. The van der Waals surface area contributed by atoms with Gasteiger partial charge in [0.2, 0.25) is 12.5 Å². The second-order valence-corrected chi connectivity index (χ2v) is 6.66. The highest BCUT2D eigenvalue weighted by atomic mass is 35.5. The number of halogens is 2. The van der Waals surface area contributed by atoms with Gasteiger partial charge in [-0.3, -0.25) is 10.3 Å². The van der Waals surface area contributed by atoms with Crippen molar-refractivity contribution in [3.63, 3.8) is 0 Å². The van der Waals surface area contributed by atoms with Crippen LogP contribution in [0.4, 0.5) is 5.69 Å². The van der Waals surface area contributed by atoms with Crippen LogP contribution in [0.25, 0.3) is 0 Å². The summed E-state index contributed by atoms with van der Waals surface area (Å²) in [6.45, 7) is 1.59. The van der Waals surface area contributed by atoms with Crippen molar-refractivity contribution in [3.8, 4) is 18.0 Å². The molecule has 0 aliphatic carbocycles. The lowest BCUT2D eigenvalue weighted by Crippen LogP contribution is -2.32. The average Bonchev–Trinajstić information content (AvgIpc) is 2.73. The Labute approximate surface area is 188 Å². The van der Waals surface area contributed by atoms with Gasteiger partial charge in [-0.15, -0.1) is 12.4 Å². The summed E-state index contributed by atoms with van der Waals surface area (Å²) in [5, 5.41) is 23.9. The number of benzene rings is 1. The third-order valence-electron chi connectivity index (χ3n) is 3.99. The van der Waals surface area contributed by atoms with Gasteiger partial charge in [0.25, 0.3) is 0 Å². The van der Waals surface area contributed by atoms with E-state index in [4.69, 9.17) is 26.9 Å². The molecule has 158 valence electrons. The minimum absolute atomic E-state index is 0. The van der Waals surface area contributed by atoms with Crippen LogP contribution in [0.2, 0.25) is 5.02 Å². The van der Waals surface area contributed by atoms with Gasteiger partial charge in [0.1, 0.15) is 11.8 Å². The zero-order chi connectivity index (χ0) is 20.7. The third-order valence-corrected chi connectivity index (χ3v) is 4.24. The molecule has 0 aliphatic heterocycles. The predicted octanol–water partition coefficient (Wildman–Crippen LogP) is 4.05. The van der Waals surface area contributed by atoms with Crippen LogP contribution in [-0.2, 0) is 6.54 Å². The molecule has 0 saturated heterocycles. The molecule has 9 heteroatoms. The molecule has 0 bridgehead atoms. The Morgan fingerprint density at radius 1 is 1.03 bits per heavy atom. The number of rotatable bonds is 10. The van der Waals surface area contributed by atoms with Crippen molar-refractivity contribution in [1.29, 1.82) is 10.5 Å². The number of ether oxygens (including phenoxy) is 1. The summed E-state index contributed by atoms with van der Waals surface area (Å²) in [6, 6.07) is 13.1. The minimum atomic E-state index is 0. The molecule has 0 saturated carbocycles. The van der Waals surface area contributed by atoms with Crippen molar-refractivity contribution < 1.29 is 9.30 Å². The second-order valence-electron chi connectivity index (χ2n) is 6.23. The average molecular weight is 448 g/mol. The molecule has 0 spiro atoms. The largest absolute Gasteiger partial charge is 0.494 e. The summed E-state index contributed by atoms with van der Waals surface area (Å²) < 4.78 is 7.43. The molecule has 1 aromatic heterocycles. The zero-order valence-electron chi connectivity index (χ0n) is 16.6. The Hall–Kier alpha value is -3.00. The first-order valence-electron chi connectivity index (χ1n) is 9.42. The summed E-state index contributed by atoms with van der Waals surface area (Å²) in [5.74, 6) is 1.24. The van der Waals surface area contributed by atoms with E-state index in [1.807, 2.05) is 42.6 Å². The number of anilines is 1. The maximum atomic E-state index is 8.89. The molecular formula is C21H25Cl2N6O+. The molecule has 0 radical (unpaired) electrons. The molecule has 30 heavy (non-hydrogen) atoms. The minimum Gasteiger partial charge on any atom is -0.494 e. The van der Waals surface area contributed by atoms with Gasteiger partial charge in [-0.25, -0.2) is 0 Å². The lowest BCUT2D eigenvalue weighted by Gasteiger charge is -2.08. The number of nitriles is 2. The molecule has 0 fully saturated rings. The molecule has 2 N–H and O–H groups in total. The van der Waals surface area contributed by atoms with Crippen LogP contribution in [-0.4, -0.2) is 19.1 Å². The number of nitrogens with one attached hydrogen (secondary N) is 2. The van der Waals surface area contributed by atoms with Crippen molar-refractivity contribution >= 4 is 35.7 Å². The number of hydrogen-bond donors (Lipinski definition) is 2. The van der Waals surface area contributed by atoms with E-state index in [1.165, 1.54) is 0 Å². The van der Waals surface area contributed by atoms with Crippen molar-refractivity contribution in [3.05, 3.63) is 53.8 Å². The van der Waals surface area contributed by atoms with Crippen LogP contribution in [0.3, 0.4) is 0 Å². The molecule has 7 nitrogen and oxygen atoms in total. The summed E-state index contributed by atoms with van der Waals surface area (Å²) >= 11 is 5.84. The maximum Gasteiger partial charge on any atom is 0.233 e. The topological polar surface area (TPSA) is 97.1 Å². The van der Waals surface area contributed by atoms with E-state index in [1.54, 1.807) is 17.0 Å². The van der Waals surface area contributed by atoms with Gasteiger partial charge in [-0.1, -0.05) is 18.0 Å². The fourth-order valence-electron chi connectivity index (χ4n) is 2.51. The van der Waals surface area contributed by atoms with E-state index < -0.39 is 0 Å². The Bertz CT molecular complexity index is 857. The lowest BCUT2D eigenvalue weighted by molar-refractivity contribution is -0.685. The van der Waals surface area contributed by atoms with Gasteiger partial charge >= 0.3 is 0 Å². The molecule has 1 heterocycles. The van der Waals surface area contributed by atoms with Crippen molar-refractivity contribution in [2.75, 3.05) is 18.5 Å². The van der Waals surface area contributed by atoms with Crippen LogP contribution in [0, 0.1) is 22.8 Å². The summed E-state index contributed by atoms with van der Waals surface area (Å²) in [6.07, 6.45) is 9.46. The fourth-order valence-corrected chi connectivity index (χ4v) is 2.63. The predicted molar refractivity (Wildman–Crippen MR) is 120 cm³/mol. The van der Waals surface area contributed by atoms with E-state index in [0.717, 1.165) is 37.1 Å². The van der Waals surface area contributed by atoms with Crippen LogP contribution >= 0.6 is 24.0 Å². The highest BCUT2D eigenvalue weighted by molar-refractivity contribution is 6.30. The van der Waals surface area contributed by atoms with Gasteiger partial charge in [0, 0.05) is 23.7 Å². The first-order valence-corrected chi connectivity index (χ1v) is 9.80. The molecule has 2 rings (SSSR count). The van der Waals surface area contributed by atoms with Gasteiger partial charge < -0.3 is 10.1 Å². The number of unbranched alkanes of at least 4 members (excludes halogenated alkanes) is 3. The number of aromatic nitrogens is 1. The Morgan fingerprint density at radius 3 is 2.40 bits per heavy atom. The zero-order valence-corrected chi connectivity index (χ0v) is 18.1. The van der Waals surface area contributed by atoms with Crippen LogP contribution in [0.15, 0.2) is 53.8 Å². The van der Waals surface area contributed by atoms with Crippen molar-refractivity contribution in [1.82, 2.24) is 5.32 Å². The van der Waals surface area contributed by atoms with E-state index in [2.05, 4.69) is 21.7 Å². The van der Waals surface area contributed by atoms with Crippen LogP contribution in [0.1, 0.15) is 25.7 Å². The van der Waals surface area contributed by atoms with Gasteiger partial charge in [-0.2, -0.15) is 15.1 Å². The van der Waals surface area contributed by atoms with Crippen LogP contribution < -0.4 is 19.9 Å². The Kier molecular flexibility index (Phi) is 12.5. The molecule has 0 atom stereocenters. The highest BCUT2D eigenvalue weighted by Gasteiger charge is 2.03. The molecule has 0 aliphatic rings. The summed E-state index contributed by atoms with van der Waals surface area (Å²) in [7, 11) is 0. The van der Waals surface area contributed by atoms with E-state index in [9.17, 15) is 0 Å². The van der Waals surface area contributed by atoms with Crippen molar-refractivity contribution in [2.24, 2.45) is 4.99 Å². The normalized spacial score (nSPS) is 10.3. The highest BCUT2D eigenvalue weighted by Crippen LogP contribution is 2.16. The Balaban J connectivity index is 0.00000450. The number of nitrogens with zero attached hydrogens (tertiary/aromatic N) is 4. The maximum absolute atomic E-state index is 8.89. The molecular weight excluding hydrogens is 423 g/mol. The SMILES string of the molecule is Cl.N#CC[n+]1ccc(NC(=NCCCCCCOc2ccc(Cl)cc2)NC#N)cc1.